The molecule has 0 heterocycles. The highest BCUT2D eigenvalue weighted by Crippen LogP contribution is 2.27. The number of ether oxygens (including phenoxy) is 3. The largest absolute Gasteiger partial charge is 0.450 e. The van der Waals surface area contributed by atoms with Crippen LogP contribution in [0.5, 0.6) is 0 Å². The van der Waals surface area contributed by atoms with Crippen molar-refractivity contribution in [1.82, 2.24) is 0 Å². The zero-order valence-electron chi connectivity index (χ0n) is 13.5. The van der Waals surface area contributed by atoms with E-state index in [1.54, 1.807) is 0 Å². The van der Waals surface area contributed by atoms with Crippen LogP contribution in [-0.2, 0) is 42.9 Å². The predicted molar refractivity (Wildman–Crippen MR) is 77.6 cm³/mol. The summed E-state index contributed by atoms with van der Waals surface area (Å²) in [5.41, 5.74) is -2.73. The maximum absolute atomic E-state index is 12.2. The minimum Gasteiger partial charge on any atom is -0.450 e. The fourth-order valence-corrected chi connectivity index (χ4v) is 2.38. The quantitative estimate of drug-likeness (QED) is 0.244. The molecule has 0 radical (unpaired) electrons. The average Bonchev–Trinajstić information content (AvgIpc) is 2.54. The molecule has 0 aromatic heterocycles. The van der Waals surface area contributed by atoms with Gasteiger partial charge >= 0.3 is 17.9 Å². The summed E-state index contributed by atoms with van der Waals surface area (Å²) >= 11 is 0. The van der Waals surface area contributed by atoms with Crippen molar-refractivity contribution in [2.45, 2.75) is 18.4 Å². The van der Waals surface area contributed by atoms with Gasteiger partial charge in [0.25, 0.3) is 10.1 Å². The molecule has 0 aromatic carbocycles. The average molecular weight is 387 g/mol. The van der Waals surface area contributed by atoms with Gasteiger partial charge in [-0.25, -0.2) is 4.79 Å². The summed E-state index contributed by atoms with van der Waals surface area (Å²) in [5.74, 6) is -4.03. The van der Waals surface area contributed by atoms with Crippen molar-refractivity contribution in [1.29, 1.82) is 15.8 Å². The first-order valence-electron chi connectivity index (χ1n) is 6.60. The smallest absolute Gasteiger partial charge is 0.342 e. The Kier molecular flexibility index (Phi) is 9.30. The number of hydrogen-bond donors (Lipinski definition) is 0. The normalized spacial score (nSPS) is 10.5. The molecule has 0 amide bonds. The van der Waals surface area contributed by atoms with Crippen molar-refractivity contribution in [3.05, 3.63) is 0 Å². The molecule has 0 aromatic rings. The number of nitrogens with zero attached hydrogens (tertiary/aromatic N) is 3. The zero-order chi connectivity index (χ0) is 20.2. The lowest BCUT2D eigenvalue weighted by atomic mass is 9.95. The zero-order valence-corrected chi connectivity index (χ0v) is 14.3. The van der Waals surface area contributed by atoms with Crippen molar-refractivity contribution in [2.75, 3.05) is 26.1 Å². The SMILES string of the molecule is CS(=O)(=O)OC(CC(=O)OCC#N)(CC(=O)OCC#N)C(=O)OCC#N. The third-order valence-corrected chi connectivity index (χ3v) is 3.03. The first-order valence-corrected chi connectivity index (χ1v) is 8.42. The minimum atomic E-state index is -4.41. The summed E-state index contributed by atoms with van der Waals surface area (Å²) in [7, 11) is -4.41. The van der Waals surface area contributed by atoms with Gasteiger partial charge in [-0.1, -0.05) is 0 Å². The van der Waals surface area contributed by atoms with Gasteiger partial charge in [0.1, 0.15) is 18.2 Å². The molecule has 0 saturated heterocycles. The molecule has 0 aliphatic rings. The fraction of sp³-hybridized carbons (Fsp3) is 0.538. The molecule has 0 spiro atoms. The van der Waals surface area contributed by atoms with Crippen LogP contribution in [0.2, 0.25) is 0 Å². The summed E-state index contributed by atoms with van der Waals surface area (Å²) < 4.78 is 41.0. The van der Waals surface area contributed by atoms with E-state index in [9.17, 15) is 22.8 Å². The van der Waals surface area contributed by atoms with E-state index in [4.69, 9.17) is 15.8 Å². The van der Waals surface area contributed by atoms with Crippen LogP contribution < -0.4 is 0 Å². The molecule has 0 N–H and O–H groups in total. The second-order valence-electron chi connectivity index (χ2n) is 4.51. The molecule has 0 atom stereocenters. The van der Waals surface area contributed by atoms with Gasteiger partial charge in [-0.2, -0.15) is 24.2 Å². The predicted octanol–water partition coefficient (Wildman–Crippen LogP) is -1.32. The van der Waals surface area contributed by atoms with Crippen LogP contribution in [0.15, 0.2) is 0 Å². The molecule has 0 rings (SSSR count). The molecule has 26 heavy (non-hydrogen) atoms. The second-order valence-corrected chi connectivity index (χ2v) is 6.08. The molecular weight excluding hydrogens is 374 g/mol. The summed E-state index contributed by atoms with van der Waals surface area (Å²) in [6.07, 6.45) is -1.72. The van der Waals surface area contributed by atoms with Crippen LogP contribution in [0.3, 0.4) is 0 Å². The second kappa shape index (κ2) is 10.6. The minimum absolute atomic E-state index is 0.542. The van der Waals surface area contributed by atoms with E-state index in [0.717, 1.165) is 0 Å². The summed E-state index contributed by atoms with van der Waals surface area (Å²) in [6, 6.07) is 4.39. The molecule has 140 valence electrons. The van der Waals surface area contributed by atoms with Gasteiger partial charge in [-0.3, -0.25) is 13.8 Å². The van der Waals surface area contributed by atoms with Gasteiger partial charge in [0, 0.05) is 0 Å². The van der Waals surface area contributed by atoms with Crippen LogP contribution >= 0.6 is 0 Å². The third-order valence-electron chi connectivity index (χ3n) is 2.41. The van der Waals surface area contributed by atoms with Crippen LogP contribution in [0, 0.1) is 34.0 Å². The Morgan fingerprint density at radius 2 is 1.23 bits per heavy atom. The summed E-state index contributed by atoms with van der Waals surface area (Å²) in [6.45, 7) is -2.24. The van der Waals surface area contributed by atoms with Gasteiger partial charge in [0.2, 0.25) is 5.60 Å². The Hall–Kier alpha value is -3.21. The van der Waals surface area contributed by atoms with E-state index in [0.29, 0.717) is 6.26 Å². The Balaban J connectivity index is 5.82. The maximum Gasteiger partial charge on any atom is 0.342 e. The van der Waals surface area contributed by atoms with E-state index in [-0.39, 0.29) is 0 Å². The molecule has 0 unspecified atom stereocenters. The van der Waals surface area contributed by atoms with Crippen molar-refractivity contribution in [3.63, 3.8) is 0 Å². The van der Waals surface area contributed by atoms with E-state index >= 15 is 0 Å². The molecule has 13 heteroatoms. The molecule has 0 bridgehead atoms. The molecule has 0 aliphatic carbocycles. The van der Waals surface area contributed by atoms with Crippen molar-refractivity contribution in [3.8, 4) is 18.2 Å². The van der Waals surface area contributed by atoms with E-state index < -0.39 is 66.3 Å². The van der Waals surface area contributed by atoms with Crippen LogP contribution in [0.4, 0.5) is 0 Å². The van der Waals surface area contributed by atoms with Crippen molar-refractivity contribution in [2.24, 2.45) is 0 Å². The molecule has 0 aliphatic heterocycles. The topological polar surface area (TPSA) is 194 Å². The van der Waals surface area contributed by atoms with Gasteiger partial charge < -0.3 is 14.2 Å². The molecule has 12 nitrogen and oxygen atoms in total. The summed E-state index contributed by atoms with van der Waals surface area (Å²) in [4.78, 5) is 35.7. The highest BCUT2D eigenvalue weighted by molar-refractivity contribution is 7.86. The number of hydrogen-bond acceptors (Lipinski definition) is 12. The molecule has 0 fully saturated rings. The lowest BCUT2D eigenvalue weighted by Gasteiger charge is -2.27. The summed E-state index contributed by atoms with van der Waals surface area (Å²) in [5, 5.41) is 25.2. The lowest BCUT2D eigenvalue weighted by molar-refractivity contribution is -0.172. The van der Waals surface area contributed by atoms with Crippen molar-refractivity contribution < 1.29 is 41.2 Å². The Bertz CT molecular complexity index is 738. The third kappa shape index (κ3) is 8.59. The van der Waals surface area contributed by atoms with Crippen molar-refractivity contribution >= 4 is 28.0 Å². The van der Waals surface area contributed by atoms with Gasteiger partial charge in [0.15, 0.2) is 19.8 Å². The molecular formula is C13H13N3O9S. The standard InChI is InChI=1S/C13H13N3O9S/c1-26(20,21)25-13(12(19)24-7-4-16,8-10(17)22-5-2-14)9-11(18)23-6-3-15/h5-9H2,1H3. The van der Waals surface area contributed by atoms with Crippen LogP contribution in [0.1, 0.15) is 12.8 Å². The van der Waals surface area contributed by atoms with Crippen LogP contribution in [-0.4, -0.2) is 58.0 Å². The number of carbonyl (C=O) groups excluding carboxylic acids is 3. The van der Waals surface area contributed by atoms with Gasteiger partial charge in [0.05, 0.1) is 19.1 Å². The number of nitriles is 3. The fourth-order valence-electron chi connectivity index (χ4n) is 1.61. The maximum atomic E-state index is 12.2. The van der Waals surface area contributed by atoms with Gasteiger partial charge in [-0.05, 0) is 0 Å². The van der Waals surface area contributed by atoms with E-state index in [1.165, 1.54) is 18.2 Å². The highest BCUT2D eigenvalue weighted by Gasteiger charge is 2.49. The van der Waals surface area contributed by atoms with Crippen LogP contribution in [0.25, 0.3) is 0 Å². The highest BCUT2D eigenvalue weighted by atomic mass is 32.2. The lowest BCUT2D eigenvalue weighted by Crippen LogP contribution is -2.48. The van der Waals surface area contributed by atoms with Gasteiger partial charge in [-0.15, -0.1) is 0 Å². The number of esters is 3. The van der Waals surface area contributed by atoms with E-state index in [1.807, 2.05) is 0 Å². The number of carbonyl (C=O) groups is 3. The number of rotatable bonds is 10. The first-order chi connectivity index (χ1) is 12.1. The Morgan fingerprint density at radius 1 is 0.846 bits per heavy atom. The molecule has 0 saturated carbocycles. The van der Waals surface area contributed by atoms with E-state index in [2.05, 4.69) is 18.4 Å². The first kappa shape index (κ1) is 22.8. The Labute approximate surface area is 148 Å². The Morgan fingerprint density at radius 3 is 1.58 bits per heavy atom. The monoisotopic (exact) mass is 387 g/mol.